The van der Waals surface area contributed by atoms with Crippen molar-refractivity contribution in [3.05, 3.63) is 68.9 Å². The average molecular weight is 344 g/mol. The van der Waals surface area contributed by atoms with Crippen LogP contribution in [0.15, 0.2) is 34.8 Å². The van der Waals surface area contributed by atoms with E-state index in [0.29, 0.717) is 15.6 Å². The molecule has 2 aromatic rings. The fourth-order valence-corrected chi connectivity index (χ4v) is 2.33. The summed E-state index contributed by atoms with van der Waals surface area (Å²) >= 11 is 3.16. The third-order valence-corrected chi connectivity index (χ3v) is 3.63. The summed E-state index contributed by atoms with van der Waals surface area (Å²) in [6.07, 6.45) is 0.140. The number of hydrogen-bond acceptors (Lipinski definition) is 1. The number of benzene rings is 2. The summed E-state index contributed by atoms with van der Waals surface area (Å²) in [7, 11) is 0. The second kappa shape index (κ2) is 5.97. The smallest absolute Gasteiger partial charge is 0.130 e. The summed E-state index contributed by atoms with van der Waals surface area (Å²) in [5.74, 6) is -1.74. The Kier molecular flexibility index (Phi) is 4.50. The Morgan fingerprint density at radius 2 is 1.75 bits per heavy atom. The van der Waals surface area contributed by atoms with Crippen molar-refractivity contribution in [2.45, 2.75) is 19.4 Å². The minimum Gasteiger partial charge on any atom is -0.324 e. The largest absolute Gasteiger partial charge is 0.324 e. The van der Waals surface area contributed by atoms with Gasteiger partial charge in [-0.1, -0.05) is 22.0 Å². The first-order valence-corrected chi connectivity index (χ1v) is 6.83. The molecule has 0 spiro atoms. The number of halogens is 4. The van der Waals surface area contributed by atoms with Gasteiger partial charge >= 0.3 is 0 Å². The molecule has 2 rings (SSSR count). The molecule has 1 unspecified atom stereocenters. The lowest BCUT2D eigenvalue weighted by Crippen LogP contribution is -2.16. The van der Waals surface area contributed by atoms with E-state index in [4.69, 9.17) is 5.73 Å². The Bertz CT molecular complexity index is 643. The van der Waals surface area contributed by atoms with Crippen LogP contribution >= 0.6 is 15.9 Å². The van der Waals surface area contributed by atoms with Gasteiger partial charge in [0.1, 0.15) is 17.5 Å². The summed E-state index contributed by atoms with van der Waals surface area (Å²) in [5, 5.41) is 0. The Morgan fingerprint density at radius 1 is 1.05 bits per heavy atom. The van der Waals surface area contributed by atoms with Crippen LogP contribution < -0.4 is 5.73 Å². The highest BCUT2D eigenvalue weighted by Crippen LogP contribution is 2.24. The van der Waals surface area contributed by atoms with Crippen molar-refractivity contribution in [2.24, 2.45) is 5.73 Å². The summed E-state index contributed by atoms with van der Waals surface area (Å²) in [5.41, 5.74) is 6.80. The molecule has 0 amide bonds. The predicted molar refractivity (Wildman–Crippen MR) is 75.8 cm³/mol. The maximum Gasteiger partial charge on any atom is 0.130 e. The van der Waals surface area contributed by atoms with Gasteiger partial charge in [-0.15, -0.1) is 0 Å². The van der Waals surface area contributed by atoms with Crippen molar-refractivity contribution in [1.29, 1.82) is 0 Å². The van der Waals surface area contributed by atoms with E-state index in [1.807, 2.05) is 0 Å². The Hall–Kier alpha value is -1.33. The minimum absolute atomic E-state index is 0.140. The number of aryl methyl sites for hydroxylation is 1. The topological polar surface area (TPSA) is 26.0 Å². The van der Waals surface area contributed by atoms with Gasteiger partial charge in [-0.05, 0) is 42.7 Å². The molecule has 0 heterocycles. The van der Waals surface area contributed by atoms with E-state index in [0.717, 1.165) is 6.07 Å². The summed E-state index contributed by atoms with van der Waals surface area (Å²) in [4.78, 5) is 0. The van der Waals surface area contributed by atoms with Gasteiger partial charge in [0, 0.05) is 22.1 Å². The summed E-state index contributed by atoms with van der Waals surface area (Å²) in [6, 6.07) is 6.05. The molecule has 0 aromatic heterocycles. The van der Waals surface area contributed by atoms with Crippen molar-refractivity contribution >= 4 is 15.9 Å². The van der Waals surface area contributed by atoms with Gasteiger partial charge < -0.3 is 5.73 Å². The van der Waals surface area contributed by atoms with E-state index < -0.39 is 23.5 Å². The minimum atomic E-state index is -0.732. The molecule has 0 aliphatic heterocycles. The lowest BCUT2D eigenvalue weighted by molar-refractivity contribution is 0.542. The van der Waals surface area contributed by atoms with E-state index in [1.165, 1.54) is 19.1 Å². The summed E-state index contributed by atoms with van der Waals surface area (Å²) < 4.78 is 41.3. The van der Waals surface area contributed by atoms with Crippen molar-refractivity contribution in [2.75, 3.05) is 0 Å². The van der Waals surface area contributed by atoms with Crippen molar-refractivity contribution in [3.8, 4) is 0 Å². The third-order valence-electron chi connectivity index (χ3n) is 3.13. The van der Waals surface area contributed by atoms with Gasteiger partial charge in [0.05, 0.1) is 0 Å². The monoisotopic (exact) mass is 343 g/mol. The maximum absolute atomic E-state index is 13.7. The molecule has 0 saturated heterocycles. The molecule has 2 aromatic carbocycles. The summed E-state index contributed by atoms with van der Waals surface area (Å²) in [6.45, 7) is 1.53. The highest BCUT2D eigenvalue weighted by molar-refractivity contribution is 9.10. The molecule has 2 N–H and O–H groups in total. The van der Waals surface area contributed by atoms with Crippen LogP contribution in [-0.2, 0) is 6.42 Å². The molecule has 0 fully saturated rings. The van der Waals surface area contributed by atoms with E-state index in [-0.39, 0.29) is 12.0 Å². The van der Waals surface area contributed by atoms with Gasteiger partial charge in [0.15, 0.2) is 0 Å². The van der Waals surface area contributed by atoms with Crippen LogP contribution in [0.1, 0.15) is 22.7 Å². The van der Waals surface area contributed by atoms with Gasteiger partial charge in [0.2, 0.25) is 0 Å². The molecule has 0 saturated carbocycles. The highest BCUT2D eigenvalue weighted by Gasteiger charge is 2.16. The van der Waals surface area contributed by atoms with Crippen LogP contribution in [0.3, 0.4) is 0 Å². The first-order valence-electron chi connectivity index (χ1n) is 6.03. The zero-order valence-electron chi connectivity index (χ0n) is 10.8. The quantitative estimate of drug-likeness (QED) is 0.877. The Labute approximate surface area is 123 Å². The molecule has 20 heavy (non-hydrogen) atoms. The molecule has 0 aliphatic rings. The van der Waals surface area contributed by atoms with Gasteiger partial charge in [-0.3, -0.25) is 0 Å². The number of nitrogens with two attached hydrogens (primary N) is 1. The molecule has 0 bridgehead atoms. The van der Waals surface area contributed by atoms with Crippen LogP contribution in [0.5, 0.6) is 0 Å². The second-order valence-electron chi connectivity index (χ2n) is 4.67. The molecule has 1 atom stereocenters. The maximum atomic E-state index is 13.7. The van der Waals surface area contributed by atoms with Gasteiger partial charge in [-0.2, -0.15) is 0 Å². The Balaban J connectivity index is 2.28. The van der Waals surface area contributed by atoms with E-state index in [2.05, 4.69) is 15.9 Å². The molecule has 1 nitrogen and oxygen atoms in total. The van der Waals surface area contributed by atoms with Crippen LogP contribution in [0.4, 0.5) is 13.2 Å². The molecular formula is C15H13BrF3N. The van der Waals surface area contributed by atoms with Crippen molar-refractivity contribution < 1.29 is 13.2 Å². The number of rotatable bonds is 3. The third kappa shape index (κ3) is 3.22. The van der Waals surface area contributed by atoms with E-state index >= 15 is 0 Å². The first kappa shape index (κ1) is 15.1. The normalized spacial score (nSPS) is 12.5. The van der Waals surface area contributed by atoms with Crippen LogP contribution in [0.25, 0.3) is 0 Å². The Morgan fingerprint density at radius 3 is 2.40 bits per heavy atom. The molecular weight excluding hydrogens is 331 g/mol. The average Bonchev–Trinajstić information content (AvgIpc) is 2.37. The van der Waals surface area contributed by atoms with Gasteiger partial charge in [0.25, 0.3) is 0 Å². The second-order valence-corrected chi connectivity index (χ2v) is 5.58. The fourth-order valence-electron chi connectivity index (χ4n) is 2.00. The van der Waals surface area contributed by atoms with Crippen LogP contribution in [0, 0.1) is 24.4 Å². The van der Waals surface area contributed by atoms with Crippen LogP contribution in [0.2, 0.25) is 0 Å². The zero-order chi connectivity index (χ0) is 14.9. The van der Waals surface area contributed by atoms with Crippen LogP contribution in [-0.4, -0.2) is 0 Å². The molecule has 5 heteroatoms. The van der Waals surface area contributed by atoms with Crippen molar-refractivity contribution in [3.63, 3.8) is 0 Å². The van der Waals surface area contributed by atoms with E-state index in [9.17, 15) is 13.2 Å². The zero-order valence-corrected chi connectivity index (χ0v) is 12.3. The van der Waals surface area contributed by atoms with Gasteiger partial charge in [-0.25, -0.2) is 13.2 Å². The molecule has 0 radical (unpaired) electrons. The predicted octanol–water partition coefficient (Wildman–Crippen LogP) is 4.42. The first-order chi connectivity index (χ1) is 9.38. The lowest BCUT2D eigenvalue weighted by Gasteiger charge is -2.15. The highest BCUT2D eigenvalue weighted by atomic mass is 79.9. The lowest BCUT2D eigenvalue weighted by atomic mass is 9.97. The molecule has 106 valence electrons. The fraction of sp³-hybridized carbons (Fsp3) is 0.200. The standard InChI is InChI=1S/C15H13BrF3N/c1-8-4-11(14(19)7-12(8)17)15(20)5-9-2-3-10(16)6-13(9)18/h2-4,6-7,15H,5,20H2,1H3. The van der Waals surface area contributed by atoms with E-state index in [1.54, 1.807) is 12.1 Å². The molecule has 0 aliphatic carbocycles. The van der Waals surface area contributed by atoms with Crippen molar-refractivity contribution in [1.82, 2.24) is 0 Å². The number of hydrogen-bond donors (Lipinski definition) is 1. The SMILES string of the molecule is Cc1cc(C(N)Cc2ccc(Br)cc2F)c(F)cc1F.